The second kappa shape index (κ2) is 6.22. The first-order valence-corrected chi connectivity index (χ1v) is 6.91. The average molecular weight is 281 g/mol. The fourth-order valence-electron chi connectivity index (χ4n) is 2.42. The summed E-state index contributed by atoms with van der Waals surface area (Å²) in [5.74, 6) is -1.62. The Morgan fingerprint density at radius 3 is 2.55 bits per heavy atom. The number of rotatable bonds is 4. The molecule has 110 valence electrons. The monoisotopic (exact) mass is 281 g/mol. The SMILES string of the molecule is CC(C)N1CCC(Oc2ccc(C(=O)O)cc2F)CC1. The van der Waals surface area contributed by atoms with E-state index in [1.54, 1.807) is 0 Å². The summed E-state index contributed by atoms with van der Waals surface area (Å²) in [4.78, 5) is 13.1. The van der Waals surface area contributed by atoms with Gasteiger partial charge in [-0.05, 0) is 44.9 Å². The molecule has 4 nitrogen and oxygen atoms in total. The Hall–Kier alpha value is -1.62. The predicted octanol–water partition coefficient (Wildman–Crippen LogP) is 2.78. The van der Waals surface area contributed by atoms with E-state index in [9.17, 15) is 9.18 Å². The first kappa shape index (κ1) is 14.8. The number of carboxylic acid groups (broad SMARTS) is 1. The van der Waals surface area contributed by atoms with Crippen molar-refractivity contribution in [2.24, 2.45) is 0 Å². The third-order valence-corrected chi connectivity index (χ3v) is 3.68. The lowest BCUT2D eigenvalue weighted by molar-refractivity contribution is 0.0695. The molecule has 2 rings (SSSR count). The number of likely N-dealkylation sites (tertiary alicyclic amines) is 1. The topological polar surface area (TPSA) is 49.8 Å². The Bertz CT molecular complexity index is 482. The van der Waals surface area contributed by atoms with Crippen LogP contribution in [-0.2, 0) is 0 Å². The fraction of sp³-hybridized carbons (Fsp3) is 0.533. The lowest BCUT2D eigenvalue weighted by atomic mass is 10.1. The van der Waals surface area contributed by atoms with Gasteiger partial charge >= 0.3 is 5.97 Å². The largest absolute Gasteiger partial charge is 0.487 e. The maximum Gasteiger partial charge on any atom is 0.335 e. The first-order chi connectivity index (χ1) is 9.47. The van der Waals surface area contributed by atoms with Gasteiger partial charge in [-0.15, -0.1) is 0 Å². The summed E-state index contributed by atoms with van der Waals surface area (Å²) >= 11 is 0. The number of ether oxygens (including phenoxy) is 1. The minimum Gasteiger partial charge on any atom is -0.487 e. The zero-order chi connectivity index (χ0) is 14.7. The summed E-state index contributed by atoms with van der Waals surface area (Å²) < 4.78 is 19.4. The van der Waals surface area contributed by atoms with Crippen molar-refractivity contribution in [3.63, 3.8) is 0 Å². The third-order valence-electron chi connectivity index (χ3n) is 3.68. The quantitative estimate of drug-likeness (QED) is 0.922. The van der Waals surface area contributed by atoms with Crippen molar-refractivity contribution in [2.45, 2.75) is 38.8 Å². The first-order valence-electron chi connectivity index (χ1n) is 6.91. The molecule has 0 radical (unpaired) electrons. The Labute approximate surface area is 118 Å². The van der Waals surface area contributed by atoms with Crippen molar-refractivity contribution in [3.05, 3.63) is 29.6 Å². The van der Waals surface area contributed by atoms with Gasteiger partial charge in [0.1, 0.15) is 6.10 Å². The molecule has 0 unspecified atom stereocenters. The zero-order valence-corrected chi connectivity index (χ0v) is 11.8. The summed E-state index contributed by atoms with van der Waals surface area (Å²) in [6, 6.07) is 4.28. The molecule has 1 aromatic carbocycles. The number of carbonyl (C=O) groups is 1. The van der Waals surface area contributed by atoms with Crippen LogP contribution in [0.5, 0.6) is 5.75 Å². The number of halogens is 1. The molecule has 20 heavy (non-hydrogen) atoms. The lowest BCUT2D eigenvalue weighted by Crippen LogP contribution is -2.41. The van der Waals surface area contributed by atoms with Crippen molar-refractivity contribution >= 4 is 5.97 Å². The predicted molar refractivity (Wildman–Crippen MR) is 73.7 cm³/mol. The van der Waals surface area contributed by atoms with Gasteiger partial charge in [0.05, 0.1) is 5.56 Å². The summed E-state index contributed by atoms with van der Waals surface area (Å²) in [5.41, 5.74) is -0.0653. The highest BCUT2D eigenvalue weighted by Gasteiger charge is 2.23. The van der Waals surface area contributed by atoms with E-state index >= 15 is 0 Å². The highest BCUT2D eigenvalue weighted by Crippen LogP contribution is 2.23. The van der Waals surface area contributed by atoms with Crippen molar-refractivity contribution in [1.82, 2.24) is 4.90 Å². The Morgan fingerprint density at radius 1 is 1.40 bits per heavy atom. The highest BCUT2D eigenvalue weighted by molar-refractivity contribution is 5.87. The molecule has 1 aliphatic heterocycles. The van der Waals surface area contributed by atoms with E-state index in [0.29, 0.717) is 6.04 Å². The van der Waals surface area contributed by atoms with Crippen LogP contribution in [0.3, 0.4) is 0 Å². The molecule has 0 amide bonds. The van der Waals surface area contributed by atoms with Gasteiger partial charge < -0.3 is 14.7 Å². The molecule has 0 aliphatic carbocycles. The van der Waals surface area contributed by atoms with Crippen molar-refractivity contribution in [2.75, 3.05) is 13.1 Å². The van der Waals surface area contributed by atoms with E-state index in [2.05, 4.69) is 18.7 Å². The number of carboxylic acids is 1. The van der Waals surface area contributed by atoms with E-state index in [0.717, 1.165) is 32.0 Å². The number of hydrogen-bond donors (Lipinski definition) is 1. The Balaban J connectivity index is 1.96. The molecule has 1 aliphatic rings. The Kier molecular flexibility index (Phi) is 4.60. The molecule has 0 aromatic heterocycles. The van der Waals surface area contributed by atoms with Gasteiger partial charge in [-0.3, -0.25) is 0 Å². The number of aromatic carboxylic acids is 1. The van der Waals surface area contributed by atoms with Crippen LogP contribution in [0.1, 0.15) is 37.0 Å². The molecule has 1 heterocycles. The average Bonchev–Trinajstić information content (AvgIpc) is 2.41. The van der Waals surface area contributed by atoms with Gasteiger partial charge in [-0.1, -0.05) is 0 Å². The minimum absolute atomic E-state index is 0.00446. The van der Waals surface area contributed by atoms with Crippen LogP contribution in [0.4, 0.5) is 4.39 Å². The van der Waals surface area contributed by atoms with E-state index in [1.807, 2.05) is 0 Å². The molecule has 0 saturated carbocycles. The number of benzene rings is 1. The van der Waals surface area contributed by atoms with Gasteiger partial charge in [-0.2, -0.15) is 0 Å². The van der Waals surface area contributed by atoms with Crippen LogP contribution in [0.15, 0.2) is 18.2 Å². The molecule has 1 N–H and O–H groups in total. The number of piperidine rings is 1. The van der Waals surface area contributed by atoms with E-state index in [-0.39, 0.29) is 17.4 Å². The molecule has 0 spiro atoms. The van der Waals surface area contributed by atoms with E-state index in [1.165, 1.54) is 12.1 Å². The fourth-order valence-corrected chi connectivity index (χ4v) is 2.42. The van der Waals surface area contributed by atoms with Crippen LogP contribution < -0.4 is 4.74 Å². The second-order valence-corrected chi connectivity index (χ2v) is 5.40. The minimum atomic E-state index is -1.14. The van der Waals surface area contributed by atoms with Gasteiger partial charge in [0.25, 0.3) is 0 Å². The molecule has 0 atom stereocenters. The van der Waals surface area contributed by atoms with E-state index in [4.69, 9.17) is 9.84 Å². The summed E-state index contributed by atoms with van der Waals surface area (Å²) in [5, 5.41) is 8.79. The second-order valence-electron chi connectivity index (χ2n) is 5.40. The molecule has 0 bridgehead atoms. The normalized spacial score (nSPS) is 17.4. The molecule has 1 aromatic rings. The lowest BCUT2D eigenvalue weighted by Gasteiger charge is -2.34. The van der Waals surface area contributed by atoms with E-state index < -0.39 is 11.8 Å². The molecule has 5 heteroatoms. The van der Waals surface area contributed by atoms with Crippen LogP contribution in [0, 0.1) is 5.82 Å². The number of hydrogen-bond acceptors (Lipinski definition) is 3. The van der Waals surface area contributed by atoms with Crippen LogP contribution >= 0.6 is 0 Å². The van der Waals surface area contributed by atoms with Crippen LogP contribution in [0.2, 0.25) is 0 Å². The smallest absolute Gasteiger partial charge is 0.335 e. The van der Waals surface area contributed by atoms with Gasteiger partial charge in [0, 0.05) is 19.1 Å². The van der Waals surface area contributed by atoms with Crippen molar-refractivity contribution in [3.8, 4) is 5.75 Å². The maximum atomic E-state index is 13.8. The molecule has 1 fully saturated rings. The van der Waals surface area contributed by atoms with Gasteiger partial charge in [0.2, 0.25) is 0 Å². The van der Waals surface area contributed by atoms with Crippen LogP contribution in [-0.4, -0.2) is 41.2 Å². The number of nitrogens with zero attached hydrogens (tertiary/aromatic N) is 1. The summed E-state index contributed by atoms with van der Waals surface area (Å²) in [7, 11) is 0. The van der Waals surface area contributed by atoms with Gasteiger partial charge in [-0.25, -0.2) is 9.18 Å². The molecule has 1 saturated heterocycles. The summed E-state index contributed by atoms with van der Waals surface area (Å²) in [6.07, 6.45) is 1.71. The van der Waals surface area contributed by atoms with Crippen LogP contribution in [0.25, 0.3) is 0 Å². The van der Waals surface area contributed by atoms with Crippen molar-refractivity contribution < 1.29 is 19.0 Å². The third kappa shape index (κ3) is 3.48. The van der Waals surface area contributed by atoms with Gasteiger partial charge in [0.15, 0.2) is 11.6 Å². The Morgan fingerprint density at radius 2 is 2.05 bits per heavy atom. The molecular weight excluding hydrogens is 261 g/mol. The molecular formula is C15H20FNO3. The highest BCUT2D eigenvalue weighted by atomic mass is 19.1. The zero-order valence-electron chi connectivity index (χ0n) is 11.8. The maximum absolute atomic E-state index is 13.8. The van der Waals surface area contributed by atoms with Crippen molar-refractivity contribution in [1.29, 1.82) is 0 Å². The summed E-state index contributed by atoms with van der Waals surface area (Å²) in [6.45, 7) is 6.20. The standard InChI is InChI=1S/C15H20FNO3/c1-10(2)17-7-5-12(6-8-17)20-14-4-3-11(15(18)19)9-13(14)16/h3-4,9-10,12H,5-8H2,1-2H3,(H,18,19).